The molecule has 6 heteroatoms. The molecule has 0 bridgehead atoms. The summed E-state index contributed by atoms with van der Waals surface area (Å²) in [4.78, 5) is 23.6. The molecule has 2 N–H and O–H groups in total. The standard InChI is InChI=1S/C14H21N3O3/c1-8-12(9(2)17(3)16-8)15-13(18)10-6-4-5-7-11(10)14(19)20/h10-11H,4-7H2,1-3H3,(H,15,18)(H,19,20)/t10-,11+/m1/s1. The van der Waals surface area contributed by atoms with Crippen LogP contribution in [0, 0.1) is 25.7 Å². The first-order valence-electron chi connectivity index (χ1n) is 6.95. The molecule has 2 rings (SSSR count). The zero-order valence-corrected chi connectivity index (χ0v) is 12.1. The monoisotopic (exact) mass is 279 g/mol. The lowest BCUT2D eigenvalue weighted by Crippen LogP contribution is -2.36. The molecule has 0 saturated heterocycles. The molecule has 1 saturated carbocycles. The molecule has 0 aromatic carbocycles. The molecule has 20 heavy (non-hydrogen) atoms. The van der Waals surface area contributed by atoms with Gasteiger partial charge < -0.3 is 10.4 Å². The van der Waals surface area contributed by atoms with Crippen LogP contribution in [0.25, 0.3) is 0 Å². The number of aliphatic carboxylic acids is 1. The van der Waals surface area contributed by atoms with E-state index in [2.05, 4.69) is 10.4 Å². The van der Waals surface area contributed by atoms with E-state index < -0.39 is 17.8 Å². The third-order valence-electron chi connectivity index (χ3n) is 4.18. The minimum atomic E-state index is -0.871. The highest BCUT2D eigenvalue weighted by molar-refractivity contribution is 5.96. The Morgan fingerprint density at radius 3 is 2.35 bits per heavy atom. The number of anilines is 1. The lowest BCUT2D eigenvalue weighted by atomic mass is 9.78. The molecule has 110 valence electrons. The molecule has 0 aliphatic heterocycles. The molecule has 1 aromatic rings. The first-order valence-corrected chi connectivity index (χ1v) is 6.95. The SMILES string of the molecule is Cc1nn(C)c(C)c1NC(=O)[C@@H]1CCCC[C@@H]1C(=O)O. The number of carboxylic acids is 1. The maximum Gasteiger partial charge on any atom is 0.307 e. The second-order valence-electron chi connectivity index (χ2n) is 5.49. The van der Waals surface area contributed by atoms with Crippen molar-refractivity contribution in [2.75, 3.05) is 5.32 Å². The van der Waals surface area contributed by atoms with Crippen molar-refractivity contribution >= 4 is 17.6 Å². The van der Waals surface area contributed by atoms with Gasteiger partial charge in [-0.3, -0.25) is 14.3 Å². The van der Waals surface area contributed by atoms with Crippen LogP contribution in [-0.2, 0) is 16.6 Å². The van der Waals surface area contributed by atoms with E-state index in [1.165, 1.54) is 0 Å². The van der Waals surface area contributed by atoms with E-state index in [0.29, 0.717) is 18.5 Å². The van der Waals surface area contributed by atoms with Gasteiger partial charge in [0.2, 0.25) is 5.91 Å². The average molecular weight is 279 g/mol. The van der Waals surface area contributed by atoms with Crippen LogP contribution >= 0.6 is 0 Å². The van der Waals surface area contributed by atoms with Gasteiger partial charge in [0, 0.05) is 7.05 Å². The summed E-state index contributed by atoms with van der Waals surface area (Å²) in [5, 5.41) is 16.4. The first-order chi connectivity index (χ1) is 9.41. The van der Waals surface area contributed by atoms with Gasteiger partial charge in [-0.15, -0.1) is 0 Å². The van der Waals surface area contributed by atoms with Crippen LogP contribution in [0.2, 0.25) is 0 Å². The lowest BCUT2D eigenvalue weighted by Gasteiger charge is -2.27. The molecule has 1 aliphatic rings. The van der Waals surface area contributed by atoms with Crippen molar-refractivity contribution in [1.82, 2.24) is 9.78 Å². The zero-order chi connectivity index (χ0) is 14.9. The molecule has 1 aliphatic carbocycles. The van der Waals surface area contributed by atoms with Gasteiger partial charge in [0.05, 0.1) is 28.9 Å². The minimum Gasteiger partial charge on any atom is -0.481 e. The normalized spacial score (nSPS) is 22.6. The molecule has 0 spiro atoms. The molecular weight excluding hydrogens is 258 g/mol. The van der Waals surface area contributed by atoms with Crippen LogP contribution < -0.4 is 5.32 Å². The highest BCUT2D eigenvalue weighted by atomic mass is 16.4. The van der Waals surface area contributed by atoms with Crippen molar-refractivity contribution in [1.29, 1.82) is 0 Å². The number of hydrogen-bond acceptors (Lipinski definition) is 3. The number of aryl methyl sites for hydroxylation is 2. The van der Waals surface area contributed by atoms with E-state index >= 15 is 0 Å². The third-order valence-corrected chi connectivity index (χ3v) is 4.18. The number of carbonyl (C=O) groups is 2. The molecule has 0 unspecified atom stereocenters. The number of rotatable bonds is 3. The number of carbonyl (C=O) groups excluding carboxylic acids is 1. The first kappa shape index (κ1) is 14.6. The Labute approximate surface area is 118 Å². The number of nitrogens with one attached hydrogen (secondary N) is 1. The van der Waals surface area contributed by atoms with Crippen molar-refractivity contribution in [3.8, 4) is 0 Å². The Morgan fingerprint density at radius 2 is 1.85 bits per heavy atom. The predicted molar refractivity (Wildman–Crippen MR) is 74.4 cm³/mol. The fourth-order valence-corrected chi connectivity index (χ4v) is 2.91. The van der Waals surface area contributed by atoms with Gasteiger partial charge in [0.15, 0.2) is 0 Å². The number of hydrogen-bond donors (Lipinski definition) is 2. The summed E-state index contributed by atoms with van der Waals surface area (Å²) in [5.41, 5.74) is 2.33. The van der Waals surface area contributed by atoms with Crippen LogP contribution in [0.15, 0.2) is 0 Å². The summed E-state index contributed by atoms with van der Waals surface area (Å²) in [6.07, 6.45) is 3.01. The van der Waals surface area contributed by atoms with Crippen LogP contribution in [0.3, 0.4) is 0 Å². The van der Waals surface area contributed by atoms with Crippen LogP contribution in [0.1, 0.15) is 37.1 Å². The van der Waals surface area contributed by atoms with Crippen LogP contribution in [-0.4, -0.2) is 26.8 Å². The van der Waals surface area contributed by atoms with E-state index in [4.69, 9.17) is 0 Å². The molecule has 2 atom stereocenters. The Bertz CT molecular complexity index is 536. The molecule has 1 heterocycles. The second-order valence-corrected chi connectivity index (χ2v) is 5.49. The average Bonchev–Trinajstić information content (AvgIpc) is 2.65. The summed E-state index contributed by atoms with van der Waals surface area (Å²) in [5.74, 6) is -2.08. The van der Waals surface area contributed by atoms with E-state index in [-0.39, 0.29) is 5.91 Å². The van der Waals surface area contributed by atoms with Gasteiger partial charge in [-0.05, 0) is 26.7 Å². The van der Waals surface area contributed by atoms with Gasteiger partial charge in [-0.1, -0.05) is 12.8 Å². The zero-order valence-electron chi connectivity index (χ0n) is 12.1. The Balaban J connectivity index is 2.16. The Hall–Kier alpha value is -1.85. The molecule has 6 nitrogen and oxygen atoms in total. The molecule has 0 radical (unpaired) electrons. The largest absolute Gasteiger partial charge is 0.481 e. The maximum atomic E-state index is 12.4. The fraction of sp³-hybridized carbons (Fsp3) is 0.643. The quantitative estimate of drug-likeness (QED) is 0.884. The maximum absolute atomic E-state index is 12.4. The van der Waals surface area contributed by atoms with E-state index in [9.17, 15) is 14.7 Å². The number of nitrogens with zero attached hydrogens (tertiary/aromatic N) is 2. The van der Waals surface area contributed by atoms with Crippen molar-refractivity contribution in [3.63, 3.8) is 0 Å². The van der Waals surface area contributed by atoms with E-state index in [0.717, 1.165) is 24.2 Å². The summed E-state index contributed by atoms with van der Waals surface area (Å²) in [6.45, 7) is 3.71. The van der Waals surface area contributed by atoms with Gasteiger partial charge in [0.25, 0.3) is 0 Å². The Kier molecular flexibility index (Phi) is 4.11. The predicted octanol–water partition coefficient (Wildman–Crippen LogP) is 1.87. The number of amides is 1. The number of carboxylic acid groups (broad SMARTS) is 1. The van der Waals surface area contributed by atoms with Gasteiger partial charge in [-0.25, -0.2) is 0 Å². The van der Waals surface area contributed by atoms with Gasteiger partial charge in [0.1, 0.15) is 0 Å². The van der Waals surface area contributed by atoms with Crippen molar-refractivity contribution in [2.45, 2.75) is 39.5 Å². The smallest absolute Gasteiger partial charge is 0.307 e. The van der Waals surface area contributed by atoms with Crippen LogP contribution in [0.5, 0.6) is 0 Å². The molecular formula is C14H21N3O3. The third kappa shape index (κ3) is 2.69. The van der Waals surface area contributed by atoms with Crippen molar-refractivity contribution in [3.05, 3.63) is 11.4 Å². The summed E-state index contributed by atoms with van der Waals surface area (Å²) < 4.78 is 1.71. The van der Waals surface area contributed by atoms with Crippen molar-refractivity contribution < 1.29 is 14.7 Å². The topological polar surface area (TPSA) is 84.2 Å². The summed E-state index contributed by atoms with van der Waals surface area (Å²) in [7, 11) is 1.82. The van der Waals surface area contributed by atoms with E-state index in [1.54, 1.807) is 4.68 Å². The highest BCUT2D eigenvalue weighted by Gasteiger charge is 2.36. The second kappa shape index (κ2) is 5.64. The summed E-state index contributed by atoms with van der Waals surface area (Å²) in [6, 6.07) is 0. The molecule has 1 fully saturated rings. The van der Waals surface area contributed by atoms with Gasteiger partial charge >= 0.3 is 5.97 Å². The Morgan fingerprint density at radius 1 is 1.25 bits per heavy atom. The highest BCUT2D eigenvalue weighted by Crippen LogP contribution is 2.32. The van der Waals surface area contributed by atoms with Gasteiger partial charge in [-0.2, -0.15) is 5.10 Å². The van der Waals surface area contributed by atoms with Crippen LogP contribution in [0.4, 0.5) is 5.69 Å². The fourth-order valence-electron chi connectivity index (χ4n) is 2.91. The number of aromatic nitrogens is 2. The van der Waals surface area contributed by atoms with Crippen molar-refractivity contribution in [2.24, 2.45) is 18.9 Å². The lowest BCUT2D eigenvalue weighted by molar-refractivity contribution is -0.147. The summed E-state index contributed by atoms with van der Waals surface area (Å²) >= 11 is 0. The van der Waals surface area contributed by atoms with E-state index in [1.807, 2.05) is 20.9 Å². The molecule has 1 amide bonds. The molecule has 1 aromatic heterocycles. The minimum absolute atomic E-state index is 0.198.